The summed E-state index contributed by atoms with van der Waals surface area (Å²) in [7, 11) is 0. The molecule has 206 valence electrons. The number of aryl methyl sites for hydroxylation is 3. The van der Waals surface area contributed by atoms with Crippen LogP contribution in [-0.2, 0) is 0 Å². The SMILES string of the molecule is Cc1cc(C)cc(N2c3ccc(C)cc3B3c4ccccc4N(c4ccccc4)c4cc(C5CCCCC5)cc2c43)c1. The molecule has 1 fully saturated rings. The Labute approximate surface area is 250 Å². The Bertz CT molecular complexity index is 1800. The largest absolute Gasteiger partial charge is 0.311 e. The Balaban J connectivity index is 1.49. The van der Waals surface area contributed by atoms with Crippen LogP contribution >= 0.6 is 0 Å². The van der Waals surface area contributed by atoms with E-state index in [1.54, 1.807) is 0 Å². The van der Waals surface area contributed by atoms with Crippen molar-refractivity contribution in [2.45, 2.75) is 58.8 Å². The first-order valence-electron chi connectivity index (χ1n) is 15.7. The molecule has 5 aromatic rings. The molecule has 1 aliphatic carbocycles. The van der Waals surface area contributed by atoms with E-state index < -0.39 is 0 Å². The summed E-state index contributed by atoms with van der Waals surface area (Å²) in [5.41, 5.74) is 17.4. The van der Waals surface area contributed by atoms with E-state index in [0.29, 0.717) is 5.92 Å². The summed E-state index contributed by atoms with van der Waals surface area (Å²) < 4.78 is 0. The maximum absolute atomic E-state index is 2.58. The van der Waals surface area contributed by atoms with Gasteiger partial charge < -0.3 is 9.80 Å². The summed E-state index contributed by atoms with van der Waals surface area (Å²) in [6.45, 7) is 6.86. The quantitative estimate of drug-likeness (QED) is 0.205. The molecule has 2 heterocycles. The van der Waals surface area contributed by atoms with Crippen LogP contribution in [-0.4, -0.2) is 6.71 Å². The van der Waals surface area contributed by atoms with E-state index >= 15 is 0 Å². The average molecular weight is 545 g/mol. The van der Waals surface area contributed by atoms with Gasteiger partial charge in [-0.1, -0.05) is 79.4 Å². The molecule has 0 N–H and O–H groups in total. The van der Waals surface area contributed by atoms with E-state index in [1.165, 1.54) is 105 Å². The number of fused-ring (bicyclic) bond motifs is 4. The second-order valence-corrected chi connectivity index (χ2v) is 12.7. The fraction of sp³-hybridized carbons (Fsp3) is 0.231. The summed E-state index contributed by atoms with van der Waals surface area (Å²) in [6.07, 6.45) is 6.58. The number of anilines is 6. The van der Waals surface area contributed by atoms with Crippen LogP contribution in [0.25, 0.3) is 0 Å². The van der Waals surface area contributed by atoms with E-state index in [9.17, 15) is 0 Å². The van der Waals surface area contributed by atoms with Crippen molar-refractivity contribution in [3.8, 4) is 0 Å². The number of benzene rings is 5. The molecule has 3 heteroatoms. The topological polar surface area (TPSA) is 6.48 Å². The summed E-state index contributed by atoms with van der Waals surface area (Å²) in [5, 5.41) is 0. The Hall–Kier alpha value is -4.24. The van der Waals surface area contributed by atoms with Crippen LogP contribution in [0.5, 0.6) is 0 Å². The van der Waals surface area contributed by atoms with Gasteiger partial charge in [0.05, 0.1) is 0 Å². The van der Waals surface area contributed by atoms with Crippen molar-refractivity contribution in [1.29, 1.82) is 0 Å². The minimum Gasteiger partial charge on any atom is -0.311 e. The van der Waals surface area contributed by atoms with Crippen molar-refractivity contribution in [2.75, 3.05) is 9.80 Å². The predicted molar refractivity (Wildman–Crippen MR) is 181 cm³/mol. The van der Waals surface area contributed by atoms with E-state index in [1.807, 2.05) is 0 Å². The Morgan fingerprint density at radius 3 is 1.90 bits per heavy atom. The molecule has 0 radical (unpaired) electrons. The highest BCUT2D eigenvalue weighted by Crippen LogP contribution is 2.46. The summed E-state index contributed by atoms with van der Waals surface area (Å²) in [4.78, 5) is 5.12. The second kappa shape index (κ2) is 9.95. The Morgan fingerprint density at radius 2 is 1.17 bits per heavy atom. The van der Waals surface area contributed by atoms with Crippen molar-refractivity contribution in [3.63, 3.8) is 0 Å². The van der Waals surface area contributed by atoms with Gasteiger partial charge in [-0.05, 0) is 121 Å². The molecule has 0 unspecified atom stereocenters. The molecular weight excluding hydrogens is 507 g/mol. The standard InChI is InChI=1S/C39H37BN2/c1-26-18-19-36-34(23-26)40-33-16-10-11-17-35(33)41(31-14-8-5-9-15-31)37-24-30(29-12-6-4-7-13-29)25-38(39(37)40)42(36)32-21-27(2)20-28(3)22-32/h5,8-11,14-25,29H,4,6-7,12-13H2,1-3H3. The normalized spacial score (nSPS) is 15.7. The molecule has 0 aromatic heterocycles. The van der Waals surface area contributed by atoms with Gasteiger partial charge in [-0.25, -0.2) is 0 Å². The van der Waals surface area contributed by atoms with E-state index in [4.69, 9.17) is 0 Å². The van der Waals surface area contributed by atoms with Crippen molar-refractivity contribution < 1.29 is 0 Å². The van der Waals surface area contributed by atoms with Crippen LogP contribution in [0.15, 0.2) is 103 Å². The number of hydrogen-bond acceptors (Lipinski definition) is 2. The van der Waals surface area contributed by atoms with Crippen LogP contribution in [0.3, 0.4) is 0 Å². The fourth-order valence-corrected chi connectivity index (χ4v) is 7.98. The third-order valence-corrected chi connectivity index (χ3v) is 9.71. The number of nitrogens with zero attached hydrogens (tertiary/aromatic N) is 2. The molecule has 0 saturated heterocycles. The molecule has 8 rings (SSSR count). The zero-order chi connectivity index (χ0) is 28.4. The van der Waals surface area contributed by atoms with Crippen LogP contribution in [0.1, 0.15) is 60.3 Å². The first kappa shape index (κ1) is 25.5. The third kappa shape index (κ3) is 4.01. The molecule has 2 nitrogen and oxygen atoms in total. The lowest BCUT2D eigenvalue weighted by Crippen LogP contribution is -2.61. The van der Waals surface area contributed by atoms with E-state index in [0.717, 1.165) is 0 Å². The molecule has 42 heavy (non-hydrogen) atoms. The number of rotatable bonds is 3. The van der Waals surface area contributed by atoms with Crippen molar-refractivity contribution in [3.05, 3.63) is 125 Å². The highest BCUT2D eigenvalue weighted by molar-refractivity contribution is 7.00. The third-order valence-electron chi connectivity index (χ3n) is 9.71. The van der Waals surface area contributed by atoms with E-state index in [-0.39, 0.29) is 6.71 Å². The molecule has 1 saturated carbocycles. The molecular formula is C39H37BN2. The highest BCUT2D eigenvalue weighted by atomic mass is 15.2. The van der Waals surface area contributed by atoms with Crippen molar-refractivity contribution >= 4 is 57.2 Å². The van der Waals surface area contributed by atoms with Gasteiger partial charge >= 0.3 is 0 Å². The van der Waals surface area contributed by atoms with Crippen LogP contribution in [0.2, 0.25) is 0 Å². The number of para-hydroxylation sites is 2. The first-order valence-corrected chi connectivity index (χ1v) is 15.7. The first-order chi connectivity index (χ1) is 20.6. The minimum atomic E-state index is 0.184. The molecule has 0 spiro atoms. The maximum atomic E-state index is 2.58. The van der Waals surface area contributed by atoms with Gasteiger partial charge in [0.2, 0.25) is 0 Å². The minimum absolute atomic E-state index is 0.184. The lowest BCUT2D eigenvalue weighted by Gasteiger charge is -2.45. The zero-order valence-electron chi connectivity index (χ0n) is 24.9. The van der Waals surface area contributed by atoms with Gasteiger partial charge in [0, 0.05) is 34.1 Å². The van der Waals surface area contributed by atoms with Crippen molar-refractivity contribution in [1.82, 2.24) is 0 Å². The summed E-state index contributed by atoms with van der Waals surface area (Å²) in [5.74, 6) is 0.606. The van der Waals surface area contributed by atoms with Crippen LogP contribution in [0.4, 0.5) is 34.1 Å². The second-order valence-electron chi connectivity index (χ2n) is 12.7. The van der Waals surface area contributed by atoms with Gasteiger partial charge in [0.25, 0.3) is 6.71 Å². The summed E-state index contributed by atoms with van der Waals surface area (Å²) >= 11 is 0. The maximum Gasteiger partial charge on any atom is 0.252 e. The molecule has 0 amide bonds. The predicted octanol–water partition coefficient (Wildman–Crippen LogP) is 8.74. The fourth-order valence-electron chi connectivity index (χ4n) is 7.98. The van der Waals surface area contributed by atoms with E-state index in [2.05, 4.69) is 134 Å². The van der Waals surface area contributed by atoms with Crippen LogP contribution < -0.4 is 26.2 Å². The molecule has 0 atom stereocenters. The Morgan fingerprint density at radius 1 is 0.524 bits per heavy atom. The molecule has 5 aromatic carbocycles. The zero-order valence-corrected chi connectivity index (χ0v) is 24.9. The van der Waals surface area contributed by atoms with Gasteiger partial charge in [0.1, 0.15) is 0 Å². The lowest BCUT2D eigenvalue weighted by atomic mass is 9.33. The highest BCUT2D eigenvalue weighted by Gasteiger charge is 2.43. The van der Waals surface area contributed by atoms with Crippen LogP contribution in [0, 0.1) is 20.8 Å². The smallest absolute Gasteiger partial charge is 0.252 e. The molecule has 0 bridgehead atoms. The van der Waals surface area contributed by atoms with Gasteiger partial charge in [-0.2, -0.15) is 0 Å². The van der Waals surface area contributed by atoms with Gasteiger partial charge in [-0.3, -0.25) is 0 Å². The monoisotopic (exact) mass is 544 g/mol. The summed E-state index contributed by atoms with van der Waals surface area (Å²) in [6, 6.07) is 39.3. The Kier molecular flexibility index (Phi) is 6.03. The lowest BCUT2D eigenvalue weighted by molar-refractivity contribution is 0.444. The van der Waals surface area contributed by atoms with Gasteiger partial charge in [-0.15, -0.1) is 0 Å². The molecule has 2 aliphatic heterocycles. The molecule has 3 aliphatic rings. The van der Waals surface area contributed by atoms with Crippen molar-refractivity contribution in [2.24, 2.45) is 0 Å². The van der Waals surface area contributed by atoms with Gasteiger partial charge in [0.15, 0.2) is 0 Å². The average Bonchev–Trinajstić information content (AvgIpc) is 3.01. The number of hydrogen-bond donors (Lipinski definition) is 0.